The maximum atomic E-state index is 6.06. The van der Waals surface area contributed by atoms with E-state index in [0.29, 0.717) is 17.0 Å². The van der Waals surface area contributed by atoms with Gasteiger partial charge in [0.25, 0.3) is 0 Å². The van der Waals surface area contributed by atoms with Crippen LogP contribution in [0.25, 0.3) is 0 Å². The number of likely N-dealkylation sites (tertiary alicyclic amines) is 1. The summed E-state index contributed by atoms with van der Waals surface area (Å²) in [7, 11) is 0. The van der Waals surface area contributed by atoms with E-state index in [1.165, 1.54) is 32.1 Å². The van der Waals surface area contributed by atoms with Crippen molar-refractivity contribution >= 4 is 11.6 Å². The van der Waals surface area contributed by atoms with Crippen molar-refractivity contribution in [3.63, 3.8) is 0 Å². The molecule has 1 unspecified atom stereocenters. The Morgan fingerprint density at radius 2 is 2.14 bits per heavy atom. The van der Waals surface area contributed by atoms with Gasteiger partial charge in [0, 0.05) is 31.6 Å². The maximum Gasteiger partial charge on any atom is 0.141 e. The molecule has 2 fully saturated rings. The summed E-state index contributed by atoms with van der Waals surface area (Å²) >= 11 is 6.06. The first-order valence-electron chi connectivity index (χ1n) is 8.37. The number of ether oxygens (including phenoxy) is 2. The molecular formula is C17H25ClN2O2. The van der Waals surface area contributed by atoms with Gasteiger partial charge in [-0.3, -0.25) is 4.98 Å². The average Bonchev–Trinajstić information content (AvgIpc) is 2.56. The third kappa shape index (κ3) is 4.58. The highest BCUT2D eigenvalue weighted by Gasteiger charge is 2.23. The molecule has 2 aliphatic heterocycles. The second kappa shape index (κ2) is 8.14. The fourth-order valence-electron chi connectivity index (χ4n) is 3.26. The van der Waals surface area contributed by atoms with E-state index in [9.17, 15) is 0 Å². The van der Waals surface area contributed by atoms with Crippen LogP contribution in [0.2, 0.25) is 5.02 Å². The number of rotatable bonds is 5. The number of nitrogens with zero attached hydrogens (tertiary/aromatic N) is 2. The molecule has 3 heterocycles. The molecule has 0 saturated carbocycles. The van der Waals surface area contributed by atoms with Crippen LogP contribution < -0.4 is 4.74 Å². The summed E-state index contributed by atoms with van der Waals surface area (Å²) < 4.78 is 11.7. The van der Waals surface area contributed by atoms with E-state index in [-0.39, 0.29) is 0 Å². The monoisotopic (exact) mass is 324 g/mol. The van der Waals surface area contributed by atoms with Gasteiger partial charge in [-0.25, -0.2) is 0 Å². The van der Waals surface area contributed by atoms with Gasteiger partial charge in [-0.1, -0.05) is 11.6 Å². The van der Waals surface area contributed by atoms with Crippen LogP contribution in [0, 0.1) is 5.92 Å². The highest BCUT2D eigenvalue weighted by molar-refractivity contribution is 6.31. The lowest BCUT2D eigenvalue weighted by atomic mass is 9.97. The molecule has 0 N–H and O–H groups in total. The van der Waals surface area contributed by atoms with E-state index in [0.717, 1.165) is 38.6 Å². The molecule has 0 aromatic carbocycles. The molecular weight excluding hydrogens is 300 g/mol. The van der Waals surface area contributed by atoms with Gasteiger partial charge >= 0.3 is 0 Å². The van der Waals surface area contributed by atoms with Gasteiger partial charge < -0.3 is 14.4 Å². The molecule has 1 aromatic rings. The number of halogens is 1. The number of hydrogen-bond donors (Lipinski definition) is 0. The third-order valence-electron chi connectivity index (χ3n) is 4.65. The second-order valence-electron chi connectivity index (χ2n) is 6.35. The first-order valence-corrected chi connectivity index (χ1v) is 8.75. The van der Waals surface area contributed by atoms with E-state index in [2.05, 4.69) is 9.88 Å². The molecule has 0 amide bonds. The highest BCUT2D eigenvalue weighted by Crippen LogP contribution is 2.25. The zero-order valence-electron chi connectivity index (χ0n) is 13.0. The predicted octanol–water partition coefficient (Wildman–Crippen LogP) is 3.39. The van der Waals surface area contributed by atoms with Crippen molar-refractivity contribution in [3.05, 3.63) is 23.5 Å². The fraction of sp³-hybridized carbons (Fsp3) is 0.706. The van der Waals surface area contributed by atoms with Gasteiger partial charge in [0.15, 0.2) is 0 Å². The van der Waals surface area contributed by atoms with Crippen LogP contribution in [0.5, 0.6) is 5.75 Å². The van der Waals surface area contributed by atoms with Gasteiger partial charge in [-0.2, -0.15) is 0 Å². The Morgan fingerprint density at radius 3 is 2.86 bits per heavy atom. The normalized spacial score (nSPS) is 24.3. The molecule has 0 spiro atoms. The molecule has 3 rings (SSSR count). The summed E-state index contributed by atoms with van der Waals surface area (Å²) in [5, 5.41) is 0.592. The number of piperidine rings is 1. The van der Waals surface area contributed by atoms with Crippen LogP contribution in [0.3, 0.4) is 0 Å². The van der Waals surface area contributed by atoms with Gasteiger partial charge in [-0.15, -0.1) is 0 Å². The van der Waals surface area contributed by atoms with E-state index < -0.39 is 0 Å². The highest BCUT2D eigenvalue weighted by atomic mass is 35.5. The number of aromatic nitrogens is 1. The molecule has 0 aliphatic carbocycles. The maximum absolute atomic E-state index is 6.06. The number of pyridine rings is 1. The minimum Gasteiger partial charge on any atom is -0.492 e. The van der Waals surface area contributed by atoms with Crippen molar-refractivity contribution in [2.24, 2.45) is 5.92 Å². The molecule has 2 saturated heterocycles. The zero-order chi connectivity index (χ0) is 15.2. The Labute approximate surface area is 137 Å². The van der Waals surface area contributed by atoms with E-state index >= 15 is 0 Å². The van der Waals surface area contributed by atoms with Gasteiger partial charge in [-0.05, 0) is 51.1 Å². The Morgan fingerprint density at radius 1 is 1.27 bits per heavy atom. The standard InChI is InChI=1S/C17H25ClN2O2/c18-16-11-19-7-4-17(16)22-13-14-5-8-20(9-6-14)12-15-3-1-2-10-21-15/h4,7,11,14-15H,1-3,5-6,8-10,12-13H2. The Bertz CT molecular complexity index is 458. The summed E-state index contributed by atoms with van der Waals surface area (Å²) in [6.07, 6.45) is 9.96. The molecule has 0 radical (unpaired) electrons. The fourth-order valence-corrected chi connectivity index (χ4v) is 3.44. The Hall–Kier alpha value is -0.840. The molecule has 2 aliphatic rings. The summed E-state index contributed by atoms with van der Waals surface area (Å²) in [6.45, 7) is 5.10. The summed E-state index contributed by atoms with van der Waals surface area (Å²) in [5.41, 5.74) is 0. The summed E-state index contributed by atoms with van der Waals surface area (Å²) in [6, 6.07) is 1.83. The third-order valence-corrected chi connectivity index (χ3v) is 4.94. The van der Waals surface area contributed by atoms with Crippen molar-refractivity contribution < 1.29 is 9.47 Å². The van der Waals surface area contributed by atoms with E-state index in [4.69, 9.17) is 21.1 Å². The van der Waals surface area contributed by atoms with Crippen LogP contribution in [-0.2, 0) is 4.74 Å². The lowest BCUT2D eigenvalue weighted by molar-refractivity contribution is -0.0125. The van der Waals surface area contributed by atoms with Crippen molar-refractivity contribution in [1.29, 1.82) is 0 Å². The van der Waals surface area contributed by atoms with Crippen molar-refractivity contribution in [3.8, 4) is 5.75 Å². The van der Waals surface area contributed by atoms with Crippen LogP contribution in [-0.4, -0.2) is 48.8 Å². The van der Waals surface area contributed by atoms with Gasteiger partial charge in [0.05, 0.1) is 12.7 Å². The second-order valence-corrected chi connectivity index (χ2v) is 6.76. The van der Waals surface area contributed by atoms with E-state index in [1.807, 2.05) is 6.07 Å². The van der Waals surface area contributed by atoms with Crippen molar-refractivity contribution in [2.45, 2.75) is 38.2 Å². The molecule has 5 heteroatoms. The zero-order valence-corrected chi connectivity index (χ0v) is 13.8. The summed E-state index contributed by atoms with van der Waals surface area (Å²) in [5.74, 6) is 1.36. The van der Waals surface area contributed by atoms with E-state index in [1.54, 1.807) is 12.4 Å². The molecule has 122 valence electrons. The van der Waals surface area contributed by atoms with Crippen LogP contribution in [0.1, 0.15) is 32.1 Å². The first kappa shape index (κ1) is 16.0. The Kier molecular flexibility index (Phi) is 5.93. The van der Waals surface area contributed by atoms with Crippen LogP contribution >= 0.6 is 11.6 Å². The molecule has 1 atom stereocenters. The molecule has 0 bridgehead atoms. The topological polar surface area (TPSA) is 34.6 Å². The Balaban J connectivity index is 1.37. The largest absolute Gasteiger partial charge is 0.492 e. The predicted molar refractivity (Wildman–Crippen MR) is 87.5 cm³/mol. The van der Waals surface area contributed by atoms with Crippen molar-refractivity contribution in [1.82, 2.24) is 9.88 Å². The average molecular weight is 325 g/mol. The lowest BCUT2D eigenvalue weighted by Crippen LogP contribution is -2.41. The first-order chi connectivity index (χ1) is 10.8. The molecule has 4 nitrogen and oxygen atoms in total. The van der Waals surface area contributed by atoms with Gasteiger partial charge in [0.2, 0.25) is 0 Å². The minimum absolute atomic E-state index is 0.456. The lowest BCUT2D eigenvalue weighted by Gasteiger charge is -2.35. The molecule has 1 aromatic heterocycles. The number of hydrogen-bond acceptors (Lipinski definition) is 4. The van der Waals surface area contributed by atoms with Crippen molar-refractivity contribution in [2.75, 3.05) is 32.8 Å². The van der Waals surface area contributed by atoms with Crippen LogP contribution in [0.15, 0.2) is 18.5 Å². The van der Waals surface area contributed by atoms with Gasteiger partial charge in [0.1, 0.15) is 10.8 Å². The SMILES string of the molecule is Clc1cnccc1OCC1CCN(CC2CCCCO2)CC1. The minimum atomic E-state index is 0.456. The quantitative estimate of drug-likeness (QED) is 0.831. The van der Waals surface area contributed by atoms with Crippen LogP contribution in [0.4, 0.5) is 0 Å². The smallest absolute Gasteiger partial charge is 0.141 e. The molecule has 22 heavy (non-hydrogen) atoms. The summed E-state index contributed by atoms with van der Waals surface area (Å²) in [4.78, 5) is 6.52.